The van der Waals surface area contributed by atoms with Gasteiger partial charge in [-0.2, -0.15) is 0 Å². The summed E-state index contributed by atoms with van der Waals surface area (Å²) in [6.07, 6.45) is 2.00. The van der Waals surface area contributed by atoms with Gasteiger partial charge in [0.25, 0.3) is 0 Å². The number of hydrogen-bond donors (Lipinski definition) is 2. The molecule has 35 heavy (non-hydrogen) atoms. The molecule has 3 heterocycles. The number of benzene rings is 2. The number of ether oxygens (including phenoxy) is 1. The molecule has 4 aromatic rings. The van der Waals surface area contributed by atoms with Gasteiger partial charge in [0.05, 0.1) is 31.6 Å². The van der Waals surface area contributed by atoms with Crippen LogP contribution >= 0.6 is 0 Å². The van der Waals surface area contributed by atoms with E-state index in [1.54, 1.807) is 18.5 Å². The molecule has 1 fully saturated rings. The number of anilines is 2. The van der Waals surface area contributed by atoms with Crippen molar-refractivity contribution in [2.75, 3.05) is 23.7 Å². The average Bonchev–Trinajstić information content (AvgIpc) is 3.42. The van der Waals surface area contributed by atoms with E-state index >= 15 is 4.39 Å². The Balaban J connectivity index is 1.30. The van der Waals surface area contributed by atoms with Crippen LogP contribution in [0.1, 0.15) is 12.5 Å². The summed E-state index contributed by atoms with van der Waals surface area (Å²) >= 11 is 0. The first-order chi connectivity index (χ1) is 16.9. The first-order valence-corrected chi connectivity index (χ1v) is 10.9. The Morgan fingerprint density at radius 1 is 1.20 bits per heavy atom. The van der Waals surface area contributed by atoms with Crippen LogP contribution in [0.15, 0.2) is 55.1 Å². The lowest BCUT2D eigenvalue weighted by molar-refractivity contribution is -0.119. The van der Waals surface area contributed by atoms with E-state index in [4.69, 9.17) is 10.5 Å². The van der Waals surface area contributed by atoms with Crippen molar-refractivity contribution >= 4 is 34.7 Å². The Bertz CT molecular complexity index is 1420. The first-order valence-electron chi connectivity index (χ1n) is 10.9. The van der Waals surface area contributed by atoms with Gasteiger partial charge >= 0.3 is 6.09 Å². The number of halogens is 1. The van der Waals surface area contributed by atoms with Gasteiger partial charge in [-0.3, -0.25) is 9.69 Å². The molecule has 0 bridgehead atoms. The van der Waals surface area contributed by atoms with Crippen molar-refractivity contribution in [3.05, 3.63) is 66.5 Å². The van der Waals surface area contributed by atoms with E-state index < -0.39 is 18.0 Å². The highest BCUT2D eigenvalue weighted by Gasteiger charge is 2.32. The van der Waals surface area contributed by atoms with Gasteiger partial charge < -0.3 is 20.4 Å². The van der Waals surface area contributed by atoms with Crippen molar-refractivity contribution in [2.24, 2.45) is 0 Å². The molecule has 1 aliphatic heterocycles. The van der Waals surface area contributed by atoms with E-state index in [0.717, 1.165) is 5.56 Å². The third-order valence-corrected chi connectivity index (χ3v) is 5.76. The number of aromatic nitrogens is 4. The fourth-order valence-electron chi connectivity index (χ4n) is 4.00. The highest BCUT2D eigenvalue weighted by molar-refractivity contribution is 5.90. The molecule has 2 amide bonds. The predicted molar refractivity (Wildman–Crippen MR) is 127 cm³/mol. The minimum absolute atomic E-state index is 0.208. The Morgan fingerprint density at radius 3 is 2.74 bits per heavy atom. The van der Waals surface area contributed by atoms with Crippen LogP contribution in [-0.2, 0) is 16.1 Å². The minimum Gasteiger partial charge on any atom is -0.442 e. The SMILES string of the molecule is CC(=O)NCC1CN(c2ccc(-c3ccc(Cn4cnc5c(N)ncnc54)cc3)c(F)c2)C(=O)O1. The lowest BCUT2D eigenvalue weighted by Gasteiger charge is -2.15. The number of rotatable bonds is 6. The monoisotopic (exact) mass is 475 g/mol. The maximum absolute atomic E-state index is 15.0. The number of nitrogen functional groups attached to an aromatic ring is 1. The van der Waals surface area contributed by atoms with E-state index in [1.807, 2.05) is 28.8 Å². The van der Waals surface area contributed by atoms with Gasteiger partial charge in [0.1, 0.15) is 23.8 Å². The second-order valence-corrected chi connectivity index (χ2v) is 8.22. The standard InChI is InChI=1S/C24H22FN7O3/c1-14(33)27-9-18-11-32(24(34)35-18)17-6-7-19(20(25)8-17)16-4-2-15(3-5-16)10-31-13-30-21-22(26)28-12-29-23(21)31/h2-8,12-13,18H,9-11H2,1H3,(H,27,33)(H2,26,28,29). The van der Waals surface area contributed by atoms with Crippen LogP contribution in [0.5, 0.6) is 0 Å². The smallest absolute Gasteiger partial charge is 0.414 e. The molecule has 1 aliphatic rings. The molecular formula is C24H22FN7O3. The van der Waals surface area contributed by atoms with Crippen molar-refractivity contribution in [3.8, 4) is 11.1 Å². The van der Waals surface area contributed by atoms with Gasteiger partial charge in [-0.1, -0.05) is 24.3 Å². The zero-order chi connectivity index (χ0) is 24.5. The lowest BCUT2D eigenvalue weighted by atomic mass is 10.0. The summed E-state index contributed by atoms with van der Waals surface area (Å²) in [6, 6.07) is 12.1. The predicted octanol–water partition coefficient (Wildman–Crippen LogP) is 2.72. The molecular weight excluding hydrogens is 453 g/mol. The van der Waals surface area contributed by atoms with Gasteiger partial charge in [-0.25, -0.2) is 24.1 Å². The number of nitrogens with two attached hydrogens (primary N) is 1. The Hall–Kier alpha value is -4.54. The number of carbonyl (C=O) groups is 2. The van der Waals surface area contributed by atoms with Crippen LogP contribution in [0.4, 0.5) is 20.7 Å². The topological polar surface area (TPSA) is 128 Å². The van der Waals surface area contributed by atoms with Crippen molar-refractivity contribution in [1.29, 1.82) is 0 Å². The number of imidazole rings is 1. The highest BCUT2D eigenvalue weighted by Crippen LogP contribution is 2.29. The zero-order valence-electron chi connectivity index (χ0n) is 18.8. The molecule has 1 unspecified atom stereocenters. The Morgan fingerprint density at radius 2 is 2.00 bits per heavy atom. The second kappa shape index (κ2) is 9.01. The van der Waals surface area contributed by atoms with Crippen LogP contribution in [0.3, 0.4) is 0 Å². The number of cyclic esters (lactones) is 1. The van der Waals surface area contributed by atoms with E-state index in [-0.39, 0.29) is 19.0 Å². The molecule has 3 N–H and O–H groups in total. The number of nitrogens with zero attached hydrogens (tertiary/aromatic N) is 5. The molecule has 0 spiro atoms. The molecule has 178 valence electrons. The molecule has 2 aromatic carbocycles. The number of fused-ring (bicyclic) bond motifs is 1. The summed E-state index contributed by atoms with van der Waals surface area (Å²) in [4.78, 5) is 37.1. The summed E-state index contributed by atoms with van der Waals surface area (Å²) in [7, 11) is 0. The molecule has 5 rings (SSSR count). The third kappa shape index (κ3) is 4.47. The van der Waals surface area contributed by atoms with Crippen LogP contribution in [-0.4, -0.2) is 50.7 Å². The van der Waals surface area contributed by atoms with Crippen LogP contribution in [0, 0.1) is 5.82 Å². The van der Waals surface area contributed by atoms with Crippen LogP contribution in [0.2, 0.25) is 0 Å². The molecule has 2 aromatic heterocycles. The van der Waals surface area contributed by atoms with Crippen molar-refractivity contribution in [2.45, 2.75) is 19.6 Å². The number of nitrogens with one attached hydrogen (secondary N) is 1. The van der Waals surface area contributed by atoms with Crippen LogP contribution < -0.4 is 16.0 Å². The molecule has 0 radical (unpaired) electrons. The third-order valence-electron chi connectivity index (χ3n) is 5.76. The van der Waals surface area contributed by atoms with Gasteiger partial charge in [0.2, 0.25) is 5.91 Å². The molecule has 1 saturated heterocycles. The van der Waals surface area contributed by atoms with Crippen molar-refractivity contribution < 1.29 is 18.7 Å². The highest BCUT2D eigenvalue weighted by atomic mass is 19.1. The molecule has 11 heteroatoms. The van der Waals surface area contributed by atoms with E-state index in [2.05, 4.69) is 20.3 Å². The minimum atomic E-state index is -0.573. The van der Waals surface area contributed by atoms with Gasteiger partial charge in [0, 0.05) is 12.5 Å². The number of carbonyl (C=O) groups excluding carboxylic acids is 2. The summed E-state index contributed by atoms with van der Waals surface area (Å²) in [6.45, 7) is 2.34. The maximum atomic E-state index is 15.0. The molecule has 10 nitrogen and oxygen atoms in total. The summed E-state index contributed by atoms with van der Waals surface area (Å²) in [5.41, 5.74) is 9.52. The van der Waals surface area contributed by atoms with Gasteiger partial charge in [-0.15, -0.1) is 0 Å². The Kier molecular flexibility index (Phi) is 5.73. The molecule has 1 atom stereocenters. The summed E-state index contributed by atoms with van der Waals surface area (Å²) < 4.78 is 22.1. The Labute approximate surface area is 199 Å². The van der Waals surface area contributed by atoms with Gasteiger partial charge in [-0.05, 0) is 29.3 Å². The number of hydrogen-bond acceptors (Lipinski definition) is 7. The van der Waals surface area contributed by atoms with Crippen LogP contribution in [0.25, 0.3) is 22.3 Å². The molecule has 0 aliphatic carbocycles. The van der Waals surface area contributed by atoms with Gasteiger partial charge in [0.15, 0.2) is 11.5 Å². The average molecular weight is 475 g/mol. The first kappa shape index (κ1) is 22.3. The van der Waals surface area contributed by atoms with Crippen molar-refractivity contribution in [3.63, 3.8) is 0 Å². The van der Waals surface area contributed by atoms with Crippen molar-refractivity contribution in [1.82, 2.24) is 24.8 Å². The van der Waals surface area contributed by atoms with E-state index in [1.165, 1.54) is 24.2 Å². The number of amides is 2. The largest absolute Gasteiger partial charge is 0.442 e. The summed E-state index contributed by atoms with van der Waals surface area (Å²) in [5.74, 6) is -0.340. The maximum Gasteiger partial charge on any atom is 0.414 e. The zero-order valence-corrected chi connectivity index (χ0v) is 18.8. The van der Waals surface area contributed by atoms with E-state index in [9.17, 15) is 9.59 Å². The molecule has 0 saturated carbocycles. The second-order valence-electron chi connectivity index (χ2n) is 8.22. The lowest BCUT2D eigenvalue weighted by Crippen LogP contribution is -2.33. The fourth-order valence-corrected chi connectivity index (χ4v) is 4.00. The van der Waals surface area contributed by atoms with E-state index in [0.29, 0.717) is 40.3 Å². The quantitative estimate of drug-likeness (QED) is 0.439. The normalized spacial score (nSPS) is 15.4. The fraction of sp³-hybridized carbons (Fsp3) is 0.208. The summed E-state index contributed by atoms with van der Waals surface area (Å²) in [5, 5.41) is 2.62.